The Labute approximate surface area is 193 Å². The molecule has 32 heavy (non-hydrogen) atoms. The number of halogens is 4. The molecule has 3 aromatic rings. The van der Waals surface area contributed by atoms with Gasteiger partial charge in [0.05, 0.1) is 0 Å². The quantitative estimate of drug-likeness (QED) is 0.237. The number of hydrogen-bond donors (Lipinski definition) is 1. The Morgan fingerprint density at radius 3 is 2.28 bits per heavy atom. The number of benzene rings is 2. The Morgan fingerprint density at radius 2 is 1.59 bits per heavy atom. The zero-order chi connectivity index (χ0) is 22.1. The first kappa shape index (κ1) is 21.7. The number of para-hydroxylation sites is 1. The zero-order valence-corrected chi connectivity index (χ0v) is 19.9. The monoisotopic (exact) mass is 554 g/mol. The second kappa shape index (κ2) is 9.03. The van der Waals surface area contributed by atoms with Crippen molar-refractivity contribution in [1.29, 1.82) is 0 Å². The van der Waals surface area contributed by atoms with E-state index in [1.165, 1.54) is 37.8 Å². The molecule has 2 aliphatic rings. The molecule has 0 amide bonds. The van der Waals surface area contributed by atoms with Crippen LogP contribution in [-0.2, 0) is 6.18 Å². The zero-order valence-electron chi connectivity index (χ0n) is 17.7. The normalized spacial score (nSPS) is 19.0. The number of rotatable bonds is 4. The Bertz CT molecular complexity index is 1070. The summed E-state index contributed by atoms with van der Waals surface area (Å²) in [5.74, 6) is 0.972. The molecule has 0 bridgehead atoms. The third-order valence-electron chi connectivity index (χ3n) is 6.24. The number of nitrogens with one attached hydrogen (secondary N) is 1. The standard InChI is InChI=1S/C24H26F3IN4/c25-24(26,27)17-9-11-19(12-10-17)32-15-13-28(14-16-32)23-30-21-8-4-3-7-20(21)22(31-23)29-18-5-1-2-6-18/h3-4,7-12,18H,1-2,5-6,13-16H2,(H,29,30,31). The van der Waals surface area contributed by atoms with Crippen LogP contribution in [0.15, 0.2) is 48.5 Å². The Balaban J connectivity index is 1.32. The van der Waals surface area contributed by atoms with Gasteiger partial charge in [0.2, 0.25) is 0 Å². The summed E-state index contributed by atoms with van der Waals surface area (Å²) in [4.78, 5) is 12.2. The van der Waals surface area contributed by atoms with E-state index in [1.807, 2.05) is 12.1 Å². The fourth-order valence-electron chi connectivity index (χ4n) is 4.44. The molecule has 5 rings (SSSR count). The topological polar surface area (TPSA) is 41.1 Å². The summed E-state index contributed by atoms with van der Waals surface area (Å²) in [6.07, 6.45) is 0.630. The van der Waals surface area contributed by atoms with Crippen molar-refractivity contribution in [2.75, 3.05) is 32.2 Å². The second-order valence-corrected chi connectivity index (χ2v) is 14.1. The van der Waals surface area contributed by atoms with Crippen molar-refractivity contribution >= 4 is 42.2 Å². The SMILES string of the molecule is FC(F)(F)c1ccc(N2CCI(c3nc(NC4CCCC4)c4ccccc4n3)CC2)cc1. The molecule has 170 valence electrons. The van der Waals surface area contributed by atoms with Crippen molar-refractivity contribution < 1.29 is 13.2 Å². The van der Waals surface area contributed by atoms with E-state index in [-0.39, 0.29) is 0 Å². The van der Waals surface area contributed by atoms with Crippen LogP contribution < -0.4 is 10.2 Å². The molecule has 0 unspecified atom stereocenters. The maximum absolute atomic E-state index is 12.8. The molecule has 4 nitrogen and oxygen atoms in total. The Morgan fingerprint density at radius 1 is 0.906 bits per heavy atom. The molecule has 0 radical (unpaired) electrons. The van der Waals surface area contributed by atoms with Gasteiger partial charge in [-0.1, -0.05) is 0 Å². The van der Waals surface area contributed by atoms with Crippen molar-refractivity contribution in [3.8, 4) is 0 Å². The van der Waals surface area contributed by atoms with E-state index in [2.05, 4.69) is 22.3 Å². The van der Waals surface area contributed by atoms with Gasteiger partial charge in [0, 0.05) is 0 Å². The van der Waals surface area contributed by atoms with Crippen LogP contribution in [0.3, 0.4) is 0 Å². The van der Waals surface area contributed by atoms with Crippen molar-refractivity contribution in [3.63, 3.8) is 0 Å². The Hall–Kier alpha value is -2.10. The van der Waals surface area contributed by atoms with Crippen molar-refractivity contribution in [3.05, 3.63) is 57.9 Å². The van der Waals surface area contributed by atoms with Gasteiger partial charge in [-0.15, -0.1) is 0 Å². The van der Waals surface area contributed by atoms with Gasteiger partial charge in [-0.3, -0.25) is 0 Å². The summed E-state index contributed by atoms with van der Waals surface area (Å²) in [5.41, 5.74) is 1.26. The van der Waals surface area contributed by atoms with Crippen LogP contribution in [0.5, 0.6) is 0 Å². The van der Waals surface area contributed by atoms with E-state index >= 15 is 0 Å². The van der Waals surface area contributed by atoms with Crippen molar-refractivity contribution in [2.24, 2.45) is 0 Å². The fourth-order valence-corrected chi connectivity index (χ4v) is 9.46. The molecule has 1 N–H and O–H groups in total. The van der Waals surface area contributed by atoms with E-state index in [9.17, 15) is 13.2 Å². The van der Waals surface area contributed by atoms with Gasteiger partial charge in [0.15, 0.2) is 0 Å². The molecule has 1 saturated heterocycles. The molecule has 1 saturated carbocycles. The molecule has 2 fully saturated rings. The summed E-state index contributed by atoms with van der Waals surface area (Å²) in [7, 11) is 0. The summed E-state index contributed by atoms with van der Waals surface area (Å²) < 4.78 is 41.6. The van der Waals surface area contributed by atoms with Gasteiger partial charge in [-0.05, 0) is 0 Å². The van der Waals surface area contributed by atoms with Crippen LogP contribution in [0, 0.1) is 3.83 Å². The number of aromatic nitrogens is 2. The molecule has 2 aromatic carbocycles. The minimum atomic E-state index is -4.29. The number of hydrogen-bond acceptors (Lipinski definition) is 4. The van der Waals surface area contributed by atoms with Crippen LogP contribution in [0.25, 0.3) is 10.9 Å². The third-order valence-corrected chi connectivity index (χ3v) is 11.7. The molecular formula is C24H26F3IN4. The van der Waals surface area contributed by atoms with E-state index < -0.39 is 31.6 Å². The van der Waals surface area contributed by atoms with Crippen LogP contribution >= 0.6 is 19.8 Å². The molecule has 1 aliphatic heterocycles. The number of fused-ring (bicyclic) bond motifs is 1. The molecular weight excluding hydrogens is 528 g/mol. The average molecular weight is 554 g/mol. The minimum absolute atomic E-state index is 0.492. The summed E-state index contributed by atoms with van der Waals surface area (Å²) in [6.45, 7) is 1.69. The van der Waals surface area contributed by atoms with Crippen molar-refractivity contribution in [2.45, 2.75) is 37.9 Å². The molecule has 1 aromatic heterocycles. The van der Waals surface area contributed by atoms with Crippen LogP contribution in [0.2, 0.25) is 0 Å². The van der Waals surface area contributed by atoms with E-state index in [1.54, 1.807) is 12.1 Å². The first-order valence-corrected chi connectivity index (χ1v) is 15.2. The molecule has 1 aliphatic carbocycles. The van der Waals surface area contributed by atoms with E-state index in [0.717, 1.165) is 48.2 Å². The number of alkyl halides is 5. The average Bonchev–Trinajstić information content (AvgIpc) is 3.32. The van der Waals surface area contributed by atoms with E-state index in [0.29, 0.717) is 6.04 Å². The molecule has 8 heteroatoms. The van der Waals surface area contributed by atoms with Crippen molar-refractivity contribution in [1.82, 2.24) is 9.97 Å². The third kappa shape index (κ3) is 4.65. The second-order valence-electron chi connectivity index (χ2n) is 8.35. The van der Waals surface area contributed by atoms with Crippen LogP contribution in [0.1, 0.15) is 31.2 Å². The number of anilines is 2. The van der Waals surface area contributed by atoms with Gasteiger partial charge in [-0.2, -0.15) is 0 Å². The van der Waals surface area contributed by atoms with Gasteiger partial charge in [0.25, 0.3) is 0 Å². The molecule has 0 atom stereocenters. The number of nitrogens with zero attached hydrogens (tertiary/aromatic N) is 3. The Kier molecular flexibility index (Phi) is 6.14. The predicted molar refractivity (Wildman–Crippen MR) is 132 cm³/mol. The van der Waals surface area contributed by atoms with Gasteiger partial charge in [-0.25, -0.2) is 0 Å². The summed E-state index contributed by atoms with van der Waals surface area (Å²) in [6, 6.07) is 14.2. The van der Waals surface area contributed by atoms with Gasteiger partial charge in [0.1, 0.15) is 0 Å². The summed E-state index contributed by atoms with van der Waals surface area (Å²) >= 11 is -1.56. The van der Waals surface area contributed by atoms with E-state index in [4.69, 9.17) is 9.97 Å². The van der Waals surface area contributed by atoms with Gasteiger partial charge < -0.3 is 0 Å². The fraction of sp³-hybridized carbons (Fsp3) is 0.417. The predicted octanol–water partition coefficient (Wildman–Crippen LogP) is 6.20. The van der Waals surface area contributed by atoms with Crippen LogP contribution in [0.4, 0.5) is 24.7 Å². The first-order valence-electron chi connectivity index (χ1n) is 11.0. The maximum atomic E-state index is 12.8. The molecule has 0 spiro atoms. The van der Waals surface area contributed by atoms with Gasteiger partial charge >= 0.3 is 193 Å². The van der Waals surface area contributed by atoms with Crippen LogP contribution in [-0.4, -0.2) is 38.0 Å². The first-order chi connectivity index (χ1) is 15.5. The summed E-state index contributed by atoms with van der Waals surface area (Å²) in [5, 5.41) is 4.77. The molecule has 2 heterocycles.